The third-order valence-corrected chi connectivity index (χ3v) is 4.01. The molecule has 1 nitrogen and oxygen atoms in total. The molecule has 1 aromatic rings. The van der Waals surface area contributed by atoms with Gasteiger partial charge in [-0.15, -0.1) is 0 Å². The minimum Gasteiger partial charge on any atom is -0.382 e. The maximum Gasteiger partial charge on any atom is 0.0353 e. The Morgan fingerprint density at radius 3 is 2.86 bits per heavy atom. The van der Waals surface area contributed by atoms with Gasteiger partial charge in [0, 0.05) is 16.2 Å². The first-order valence-electron chi connectivity index (χ1n) is 5.35. The van der Waals surface area contributed by atoms with Crippen LogP contribution in [0.3, 0.4) is 0 Å². The third kappa shape index (κ3) is 1.56. The summed E-state index contributed by atoms with van der Waals surface area (Å²) in [6, 6.07) is 9.22. The number of anilines is 1. The molecular formula is C12H14BrN. The Morgan fingerprint density at radius 2 is 2.21 bits per heavy atom. The Bertz CT molecular complexity index is 350. The zero-order chi connectivity index (χ0) is 9.54. The molecule has 0 radical (unpaired) electrons. The highest BCUT2D eigenvalue weighted by Crippen LogP contribution is 2.52. The molecule has 3 rings (SSSR count). The van der Waals surface area contributed by atoms with Crippen molar-refractivity contribution in [3.8, 4) is 0 Å². The monoisotopic (exact) mass is 251 g/mol. The van der Waals surface area contributed by atoms with Crippen LogP contribution in [0, 0.1) is 11.8 Å². The Hall–Kier alpha value is -0.500. The van der Waals surface area contributed by atoms with Crippen LogP contribution in [-0.2, 0) is 0 Å². The van der Waals surface area contributed by atoms with Crippen LogP contribution in [-0.4, -0.2) is 6.04 Å². The van der Waals surface area contributed by atoms with Crippen molar-refractivity contribution in [1.82, 2.24) is 0 Å². The number of hydrogen-bond donors (Lipinski definition) is 1. The van der Waals surface area contributed by atoms with Gasteiger partial charge in [-0.3, -0.25) is 0 Å². The smallest absolute Gasteiger partial charge is 0.0353 e. The van der Waals surface area contributed by atoms with E-state index in [4.69, 9.17) is 0 Å². The van der Waals surface area contributed by atoms with E-state index in [0.717, 1.165) is 22.4 Å². The molecule has 14 heavy (non-hydrogen) atoms. The molecule has 2 fully saturated rings. The Labute approximate surface area is 93.0 Å². The minimum absolute atomic E-state index is 0.745. The van der Waals surface area contributed by atoms with E-state index in [1.807, 2.05) is 0 Å². The molecular weight excluding hydrogens is 238 g/mol. The van der Waals surface area contributed by atoms with E-state index < -0.39 is 0 Å². The predicted octanol–water partition coefficient (Wildman–Crippen LogP) is 3.66. The standard InChI is InChI=1S/C12H14BrN/c13-9-2-1-3-10(7-9)14-12-5-4-8-6-11(8)12/h1-3,7-8,11-12,14H,4-6H2/t8-,11+,12?/m1/s1. The quantitative estimate of drug-likeness (QED) is 0.846. The van der Waals surface area contributed by atoms with Crippen LogP contribution < -0.4 is 5.32 Å². The van der Waals surface area contributed by atoms with Crippen molar-refractivity contribution in [1.29, 1.82) is 0 Å². The molecule has 2 aliphatic carbocycles. The molecule has 0 bridgehead atoms. The molecule has 74 valence electrons. The van der Waals surface area contributed by atoms with Crippen molar-refractivity contribution in [2.45, 2.75) is 25.3 Å². The summed E-state index contributed by atoms with van der Waals surface area (Å²) in [5, 5.41) is 3.64. The molecule has 0 aromatic heterocycles. The molecule has 1 N–H and O–H groups in total. The molecule has 3 atom stereocenters. The average Bonchev–Trinajstić information content (AvgIpc) is 2.84. The molecule has 0 amide bonds. The lowest BCUT2D eigenvalue weighted by Gasteiger charge is -2.15. The second-order valence-corrected chi connectivity index (χ2v) is 5.41. The summed E-state index contributed by atoms with van der Waals surface area (Å²) >= 11 is 3.50. The van der Waals surface area contributed by atoms with E-state index in [9.17, 15) is 0 Å². The fourth-order valence-corrected chi connectivity index (χ4v) is 3.07. The summed E-state index contributed by atoms with van der Waals surface area (Å²) < 4.78 is 1.16. The van der Waals surface area contributed by atoms with Gasteiger partial charge in [0.05, 0.1) is 0 Å². The van der Waals surface area contributed by atoms with E-state index in [0.29, 0.717) is 0 Å². The second kappa shape index (κ2) is 3.27. The number of rotatable bonds is 2. The number of fused-ring (bicyclic) bond motifs is 1. The number of hydrogen-bond acceptors (Lipinski definition) is 1. The fraction of sp³-hybridized carbons (Fsp3) is 0.500. The normalized spacial score (nSPS) is 33.9. The zero-order valence-electron chi connectivity index (χ0n) is 8.04. The van der Waals surface area contributed by atoms with E-state index in [-0.39, 0.29) is 0 Å². The number of benzene rings is 1. The maximum absolute atomic E-state index is 3.64. The summed E-state index contributed by atoms with van der Waals surface area (Å²) in [4.78, 5) is 0. The lowest BCUT2D eigenvalue weighted by molar-refractivity contribution is 0.654. The van der Waals surface area contributed by atoms with Crippen LogP contribution in [0.4, 0.5) is 5.69 Å². The van der Waals surface area contributed by atoms with Gasteiger partial charge in [0.25, 0.3) is 0 Å². The second-order valence-electron chi connectivity index (χ2n) is 4.50. The largest absolute Gasteiger partial charge is 0.382 e. The average molecular weight is 252 g/mol. The van der Waals surface area contributed by atoms with Crippen molar-refractivity contribution in [2.75, 3.05) is 5.32 Å². The first kappa shape index (κ1) is 8.78. The fourth-order valence-electron chi connectivity index (χ4n) is 2.68. The molecule has 1 aromatic carbocycles. The Kier molecular flexibility index (Phi) is 2.05. The van der Waals surface area contributed by atoms with E-state index in [2.05, 4.69) is 45.5 Å². The summed E-state index contributed by atoms with van der Waals surface area (Å²) in [5.41, 5.74) is 1.26. The minimum atomic E-state index is 0.745. The Balaban J connectivity index is 1.71. The Morgan fingerprint density at radius 1 is 1.29 bits per heavy atom. The molecule has 2 heteroatoms. The lowest BCUT2D eigenvalue weighted by atomic mass is 10.1. The predicted molar refractivity (Wildman–Crippen MR) is 62.4 cm³/mol. The van der Waals surface area contributed by atoms with Gasteiger partial charge in [0.15, 0.2) is 0 Å². The summed E-state index contributed by atoms with van der Waals surface area (Å²) in [7, 11) is 0. The highest BCUT2D eigenvalue weighted by atomic mass is 79.9. The summed E-state index contributed by atoms with van der Waals surface area (Å²) in [6.45, 7) is 0. The van der Waals surface area contributed by atoms with Crippen molar-refractivity contribution in [3.63, 3.8) is 0 Å². The van der Waals surface area contributed by atoms with E-state index >= 15 is 0 Å². The van der Waals surface area contributed by atoms with Gasteiger partial charge in [0.2, 0.25) is 0 Å². The summed E-state index contributed by atoms with van der Waals surface area (Å²) in [6.07, 6.45) is 4.27. The van der Waals surface area contributed by atoms with Crippen LogP contribution in [0.1, 0.15) is 19.3 Å². The van der Waals surface area contributed by atoms with Crippen LogP contribution in [0.5, 0.6) is 0 Å². The molecule has 2 aliphatic rings. The number of nitrogens with one attached hydrogen (secondary N) is 1. The van der Waals surface area contributed by atoms with Crippen molar-refractivity contribution in [2.24, 2.45) is 11.8 Å². The number of halogens is 1. The van der Waals surface area contributed by atoms with Gasteiger partial charge in [-0.2, -0.15) is 0 Å². The molecule has 2 saturated carbocycles. The van der Waals surface area contributed by atoms with E-state index in [1.54, 1.807) is 0 Å². The zero-order valence-corrected chi connectivity index (χ0v) is 9.63. The van der Waals surface area contributed by atoms with Gasteiger partial charge >= 0.3 is 0 Å². The van der Waals surface area contributed by atoms with Crippen molar-refractivity contribution in [3.05, 3.63) is 28.7 Å². The van der Waals surface area contributed by atoms with Crippen LogP contribution >= 0.6 is 15.9 Å². The van der Waals surface area contributed by atoms with Crippen LogP contribution in [0.25, 0.3) is 0 Å². The van der Waals surface area contributed by atoms with Gasteiger partial charge < -0.3 is 5.32 Å². The van der Waals surface area contributed by atoms with Crippen molar-refractivity contribution < 1.29 is 0 Å². The molecule has 0 saturated heterocycles. The molecule has 1 unspecified atom stereocenters. The molecule has 0 spiro atoms. The molecule has 0 aliphatic heterocycles. The third-order valence-electron chi connectivity index (χ3n) is 3.52. The van der Waals surface area contributed by atoms with Gasteiger partial charge in [-0.1, -0.05) is 22.0 Å². The van der Waals surface area contributed by atoms with Gasteiger partial charge in [0.1, 0.15) is 0 Å². The SMILES string of the molecule is Brc1cccc(NC2CC[C@@H]3C[C@H]23)c1. The molecule has 0 heterocycles. The maximum atomic E-state index is 3.64. The van der Waals surface area contributed by atoms with Gasteiger partial charge in [-0.25, -0.2) is 0 Å². The first-order chi connectivity index (χ1) is 6.83. The highest BCUT2D eigenvalue weighted by molar-refractivity contribution is 9.10. The lowest BCUT2D eigenvalue weighted by Crippen LogP contribution is -2.18. The van der Waals surface area contributed by atoms with E-state index in [1.165, 1.54) is 24.9 Å². The van der Waals surface area contributed by atoms with Gasteiger partial charge in [-0.05, 0) is 49.3 Å². The first-order valence-corrected chi connectivity index (χ1v) is 6.14. The van der Waals surface area contributed by atoms with Crippen LogP contribution in [0.2, 0.25) is 0 Å². The topological polar surface area (TPSA) is 12.0 Å². The van der Waals surface area contributed by atoms with Crippen LogP contribution in [0.15, 0.2) is 28.7 Å². The highest BCUT2D eigenvalue weighted by Gasteiger charge is 2.47. The van der Waals surface area contributed by atoms with Crippen molar-refractivity contribution >= 4 is 21.6 Å². The summed E-state index contributed by atoms with van der Waals surface area (Å²) in [5.74, 6) is 2.04.